The zero-order chi connectivity index (χ0) is 24.6. The van der Waals surface area contributed by atoms with Gasteiger partial charge < -0.3 is 9.47 Å². The number of benzene rings is 3. The third-order valence-electron chi connectivity index (χ3n) is 4.54. The fourth-order valence-electron chi connectivity index (χ4n) is 2.87. The molecule has 176 valence electrons. The molecule has 0 bridgehead atoms. The van der Waals surface area contributed by atoms with E-state index >= 15 is 0 Å². The van der Waals surface area contributed by atoms with E-state index in [2.05, 4.69) is 0 Å². The molecular weight excluding hydrogens is 496 g/mol. The largest absolute Gasteiger partial charge is 0.497 e. The van der Waals surface area contributed by atoms with E-state index in [1.165, 1.54) is 32.2 Å². The predicted molar refractivity (Wildman–Crippen MR) is 116 cm³/mol. The van der Waals surface area contributed by atoms with Crippen molar-refractivity contribution in [3.05, 3.63) is 66.2 Å². The Hall–Kier alpha value is -2.97. The number of sulfone groups is 1. The van der Waals surface area contributed by atoms with Gasteiger partial charge in [0, 0.05) is 0 Å². The van der Waals surface area contributed by atoms with Crippen LogP contribution in [0.15, 0.2) is 80.2 Å². The Labute approximate surface area is 190 Å². The Kier molecular flexibility index (Phi) is 6.55. The van der Waals surface area contributed by atoms with Gasteiger partial charge in [-0.3, -0.25) is 9.11 Å². The third-order valence-corrected chi connectivity index (χ3v) is 8.16. The van der Waals surface area contributed by atoms with Gasteiger partial charge in [-0.1, -0.05) is 6.07 Å². The second-order valence-corrected chi connectivity index (χ2v) is 11.5. The van der Waals surface area contributed by atoms with E-state index in [9.17, 15) is 34.4 Å². The van der Waals surface area contributed by atoms with Gasteiger partial charge in [0.1, 0.15) is 22.1 Å². The molecule has 0 aromatic heterocycles. The number of rotatable bonds is 7. The highest BCUT2D eigenvalue weighted by molar-refractivity contribution is 7.91. The Morgan fingerprint density at radius 1 is 0.667 bits per heavy atom. The van der Waals surface area contributed by atoms with Crippen molar-refractivity contribution in [3.63, 3.8) is 0 Å². The van der Waals surface area contributed by atoms with Crippen LogP contribution in [0.2, 0.25) is 0 Å². The van der Waals surface area contributed by atoms with Crippen LogP contribution in [0.25, 0.3) is 0 Å². The summed E-state index contributed by atoms with van der Waals surface area (Å²) in [7, 11) is -12.6. The van der Waals surface area contributed by atoms with Crippen LogP contribution < -0.4 is 9.47 Å². The summed E-state index contributed by atoms with van der Waals surface area (Å²) in [5.74, 6) is 0.359. The Balaban J connectivity index is 2.11. The fraction of sp³-hybridized carbons (Fsp3) is 0.100. The minimum Gasteiger partial charge on any atom is -0.497 e. The molecule has 0 amide bonds. The summed E-state index contributed by atoms with van der Waals surface area (Å²) < 4.78 is 103. The molecular formula is C20H18O10S3. The molecule has 33 heavy (non-hydrogen) atoms. The lowest BCUT2D eigenvalue weighted by Crippen LogP contribution is -2.08. The van der Waals surface area contributed by atoms with E-state index in [1.54, 1.807) is 12.1 Å². The highest BCUT2D eigenvalue weighted by atomic mass is 32.2. The van der Waals surface area contributed by atoms with Crippen LogP contribution in [0.1, 0.15) is 5.56 Å². The summed E-state index contributed by atoms with van der Waals surface area (Å²) in [5.41, 5.74) is 0.110. The molecule has 0 saturated carbocycles. The van der Waals surface area contributed by atoms with Crippen LogP contribution >= 0.6 is 0 Å². The third kappa shape index (κ3) is 5.34. The lowest BCUT2D eigenvalue weighted by atomic mass is 10.2. The zero-order valence-electron chi connectivity index (χ0n) is 17.2. The van der Waals surface area contributed by atoms with Gasteiger partial charge in [0.15, 0.2) is 0 Å². The molecule has 0 spiro atoms. The van der Waals surface area contributed by atoms with Crippen LogP contribution in [0, 0.1) is 6.92 Å². The summed E-state index contributed by atoms with van der Waals surface area (Å²) >= 11 is 0. The topological polar surface area (TPSA) is 161 Å². The van der Waals surface area contributed by atoms with Crippen LogP contribution in [-0.4, -0.2) is 41.5 Å². The van der Waals surface area contributed by atoms with Crippen LogP contribution in [0.5, 0.6) is 17.2 Å². The average molecular weight is 515 g/mol. The molecule has 0 fully saturated rings. The maximum Gasteiger partial charge on any atom is 0.298 e. The second kappa shape index (κ2) is 8.76. The standard InChI is InChI=1S/C20H18O10S3/c1-13-3-8-16(11-19(13)32(23,24)25)31(21,22)17-9-10-18(20(12-17)33(26,27)28)30-15-6-4-14(29-2)5-7-15/h3-12H,1-2H3,(H,23,24,25)(H,26,27,28). The lowest BCUT2D eigenvalue weighted by molar-refractivity contribution is 0.412. The molecule has 10 nitrogen and oxygen atoms in total. The molecule has 0 atom stereocenters. The average Bonchev–Trinajstić information content (AvgIpc) is 2.73. The van der Waals surface area contributed by atoms with E-state index in [-0.39, 0.29) is 17.1 Å². The van der Waals surface area contributed by atoms with Gasteiger partial charge in [-0.2, -0.15) is 16.8 Å². The molecule has 0 unspecified atom stereocenters. The van der Waals surface area contributed by atoms with Gasteiger partial charge in [0.05, 0.1) is 21.8 Å². The molecule has 0 heterocycles. The summed E-state index contributed by atoms with van der Waals surface area (Å²) in [5, 5.41) is 0. The molecule has 13 heteroatoms. The van der Waals surface area contributed by atoms with Gasteiger partial charge in [-0.05, 0) is 67.1 Å². The van der Waals surface area contributed by atoms with E-state index in [0.717, 1.165) is 24.3 Å². The number of hydrogen-bond acceptors (Lipinski definition) is 8. The Morgan fingerprint density at radius 3 is 1.67 bits per heavy atom. The first-order valence-electron chi connectivity index (χ1n) is 9.00. The van der Waals surface area contributed by atoms with Crippen molar-refractivity contribution < 1.29 is 43.8 Å². The minimum absolute atomic E-state index is 0.110. The maximum atomic E-state index is 13.0. The summed E-state index contributed by atoms with van der Waals surface area (Å²) in [6.45, 7) is 1.36. The van der Waals surface area contributed by atoms with Crippen molar-refractivity contribution in [1.29, 1.82) is 0 Å². The number of hydrogen-bond donors (Lipinski definition) is 2. The normalized spacial score (nSPS) is 12.4. The number of aryl methyl sites for hydroxylation is 1. The highest BCUT2D eigenvalue weighted by Crippen LogP contribution is 2.34. The van der Waals surface area contributed by atoms with E-state index in [1.807, 2.05) is 0 Å². The van der Waals surface area contributed by atoms with Gasteiger partial charge >= 0.3 is 0 Å². The minimum atomic E-state index is -4.92. The molecule has 0 radical (unpaired) electrons. The predicted octanol–water partition coefficient (Wildman–Crippen LogP) is 3.12. The van der Waals surface area contributed by atoms with Gasteiger partial charge in [-0.15, -0.1) is 0 Å². The molecule has 0 aliphatic heterocycles. The second-order valence-electron chi connectivity index (χ2n) is 6.77. The first-order chi connectivity index (χ1) is 15.2. The van der Waals surface area contributed by atoms with Crippen LogP contribution in [0.3, 0.4) is 0 Å². The van der Waals surface area contributed by atoms with Crippen LogP contribution in [-0.2, 0) is 30.1 Å². The molecule has 3 rings (SSSR count). The SMILES string of the molecule is COc1ccc(Oc2ccc(S(=O)(=O)c3ccc(C)c(S(=O)(=O)O)c3)cc2S(=O)(=O)O)cc1. The van der Waals surface area contributed by atoms with E-state index in [0.29, 0.717) is 11.8 Å². The first-order valence-corrected chi connectivity index (χ1v) is 13.4. The Morgan fingerprint density at radius 2 is 1.15 bits per heavy atom. The Bertz CT molecular complexity index is 1520. The summed E-state index contributed by atoms with van der Waals surface area (Å²) in [4.78, 5) is -2.49. The number of ether oxygens (including phenoxy) is 2. The first kappa shape index (κ1) is 24.7. The van der Waals surface area contributed by atoms with Crippen molar-refractivity contribution in [2.45, 2.75) is 26.5 Å². The zero-order valence-corrected chi connectivity index (χ0v) is 19.6. The van der Waals surface area contributed by atoms with Crippen molar-refractivity contribution in [2.24, 2.45) is 0 Å². The van der Waals surface area contributed by atoms with E-state index in [4.69, 9.17) is 9.47 Å². The fourth-order valence-corrected chi connectivity index (χ4v) is 5.73. The summed E-state index contributed by atoms with van der Waals surface area (Å²) in [6, 6.07) is 11.9. The molecule has 0 saturated heterocycles. The molecule has 0 aliphatic rings. The molecule has 3 aromatic rings. The smallest absolute Gasteiger partial charge is 0.298 e. The molecule has 2 N–H and O–H groups in total. The molecule has 3 aromatic carbocycles. The highest BCUT2D eigenvalue weighted by Gasteiger charge is 2.26. The van der Waals surface area contributed by atoms with Crippen molar-refractivity contribution in [3.8, 4) is 17.2 Å². The van der Waals surface area contributed by atoms with Crippen molar-refractivity contribution in [2.75, 3.05) is 7.11 Å². The quantitative estimate of drug-likeness (QED) is 0.448. The monoisotopic (exact) mass is 514 g/mol. The van der Waals surface area contributed by atoms with Gasteiger partial charge in [0.25, 0.3) is 20.2 Å². The van der Waals surface area contributed by atoms with Crippen molar-refractivity contribution >= 4 is 30.1 Å². The van der Waals surface area contributed by atoms with E-state index < -0.39 is 49.7 Å². The maximum absolute atomic E-state index is 13.0. The lowest BCUT2D eigenvalue weighted by Gasteiger charge is -2.13. The van der Waals surface area contributed by atoms with Gasteiger partial charge in [0.2, 0.25) is 9.84 Å². The van der Waals surface area contributed by atoms with Gasteiger partial charge in [-0.25, -0.2) is 8.42 Å². The molecule has 0 aliphatic carbocycles. The van der Waals surface area contributed by atoms with Crippen LogP contribution in [0.4, 0.5) is 0 Å². The summed E-state index contributed by atoms with van der Waals surface area (Å²) in [6.07, 6.45) is 0. The van der Waals surface area contributed by atoms with Crippen molar-refractivity contribution in [1.82, 2.24) is 0 Å². The number of methoxy groups -OCH3 is 1.